The van der Waals surface area contributed by atoms with Gasteiger partial charge < -0.3 is 5.32 Å². The van der Waals surface area contributed by atoms with Crippen molar-refractivity contribution < 1.29 is 4.92 Å². The summed E-state index contributed by atoms with van der Waals surface area (Å²) in [5.41, 5.74) is 3.49. The molecule has 0 aliphatic rings. The molecule has 1 aromatic carbocycles. The number of nitrogens with zero attached hydrogens (tertiary/aromatic N) is 3. The van der Waals surface area contributed by atoms with Crippen LogP contribution in [0, 0.1) is 10.1 Å². The van der Waals surface area contributed by atoms with Crippen LogP contribution in [0.2, 0.25) is 0 Å². The zero-order valence-electron chi connectivity index (χ0n) is 10.3. The lowest BCUT2D eigenvalue weighted by Gasteiger charge is -2.07. The molecule has 6 nitrogen and oxygen atoms in total. The third kappa shape index (κ3) is 2.30. The first kappa shape index (κ1) is 12.5. The Morgan fingerprint density at radius 1 is 1.35 bits per heavy atom. The maximum atomic E-state index is 11.3. The predicted molar refractivity (Wildman–Crippen MR) is 77.8 cm³/mol. The molecule has 0 aliphatic carbocycles. The average molecular weight is 286 g/mol. The van der Waals surface area contributed by atoms with Gasteiger partial charge in [-0.3, -0.25) is 15.1 Å². The standard InChI is InChI=1S/C13H10N4O2S/c18-17(19)13-10(3-4-11-12(13)16-8-20-11)15-7-9-2-1-5-14-6-9/h1-6,8,15H,7H2. The number of hydrogen-bond donors (Lipinski definition) is 1. The van der Waals surface area contributed by atoms with E-state index in [4.69, 9.17) is 0 Å². The van der Waals surface area contributed by atoms with E-state index in [1.165, 1.54) is 11.3 Å². The van der Waals surface area contributed by atoms with E-state index in [0.717, 1.165) is 10.3 Å². The van der Waals surface area contributed by atoms with Gasteiger partial charge in [0.25, 0.3) is 0 Å². The fourth-order valence-electron chi connectivity index (χ4n) is 1.94. The van der Waals surface area contributed by atoms with Crippen molar-refractivity contribution in [3.63, 3.8) is 0 Å². The van der Waals surface area contributed by atoms with E-state index in [1.54, 1.807) is 24.0 Å². The molecule has 0 unspecified atom stereocenters. The van der Waals surface area contributed by atoms with Crippen LogP contribution in [-0.4, -0.2) is 14.9 Å². The van der Waals surface area contributed by atoms with Crippen LogP contribution in [0.4, 0.5) is 11.4 Å². The molecule has 0 amide bonds. The molecule has 0 fully saturated rings. The molecule has 3 rings (SSSR count). The highest BCUT2D eigenvalue weighted by atomic mass is 32.1. The minimum atomic E-state index is -0.395. The number of benzene rings is 1. The molecule has 100 valence electrons. The van der Waals surface area contributed by atoms with Gasteiger partial charge in [-0.1, -0.05) is 6.07 Å². The van der Waals surface area contributed by atoms with Crippen LogP contribution < -0.4 is 5.32 Å². The molecule has 0 saturated carbocycles. The molecule has 0 radical (unpaired) electrons. The van der Waals surface area contributed by atoms with Crippen molar-refractivity contribution in [2.75, 3.05) is 5.32 Å². The smallest absolute Gasteiger partial charge is 0.319 e. The Morgan fingerprint density at radius 2 is 2.25 bits per heavy atom. The SMILES string of the molecule is O=[N+]([O-])c1c(NCc2cccnc2)ccc2scnc12. The summed E-state index contributed by atoms with van der Waals surface area (Å²) in [6, 6.07) is 7.29. The second-order valence-corrected chi connectivity index (χ2v) is 5.02. The van der Waals surface area contributed by atoms with Gasteiger partial charge in [-0.2, -0.15) is 0 Å². The number of fused-ring (bicyclic) bond motifs is 1. The maximum Gasteiger partial charge on any atom is 0.319 e. The molecule has 0 atom stereocenters. The van der Waals surface area contributed by atoms with Crippen molar-refractivity contribution in [2.45, 2.75) is 6.54 Å². The predicted octanol–water partition coefficient (Wildman–Crippen LogP) is 3.21. The van der Waals surface area contributed by atoms with Crippen molar-refractivity contribution in [2.24, 2.45) is 0 Å². The highest BCUT2D eigenvalue weighted by Gasteiger charge is 2.20. The number of aromatic nitrogens is 2. The first-order chi connectivity index (χ1) is 9.75. The normalized spacial score (nSPS) is 10.6. The lowest BCUT2D eigenvalue weighted by Crippen LogP contribution is -2.03. The van der Waals surface area contributed by atoms with Gasteiger partial charge in [0, 0.05) is 18.9 Å². The van der Waals surface area contributed by atoms with Gasteiger partial charge in [0.1, 0.15) is 5.69 Å². The number of nitro benzene ring substituents is 1. The van der Waals surface area contributed by atoms with Crippen LogP contribution in [0.25, 0.3) is 10.2 Å². The highest BCUT2D eigenvalue weighted by molar-refractivity contribution is 7.16. The summed E-state index contributed by atoms with van der Waals surface area (Å²) in [5.74, 6) is 0. The number of hydrogen-bond acceptors (Lipinski definition) is 6. The van der Waals surface area contributed by atoms with Gasteiger partial charge in [-0.25, -0.2) is 4.98 Å². The van der Waals surface area contributed by atoms with E-state index in [-0.39, 0.29) is 5.69 Å². The summed E-state index contributed by atoms with van der Waals surface area (Å²) in [6.45, 7) is 0.477. The van der Waals surface area contributed by atoms with Crippen LogP contribution in [0.3, 0.4) is 0 Å². The third-order valence-electron chi connectivity index (χ3n) is 2.86. The molecule has 2 aromatic heterocycles. The molecule has 0 spiro atoms. The monoisotopic (exact) mass is 286 g/mol. The molecule has 7 heteroatoms. The van der Waals surface area contributed by atoms with E-state index in [2.05, 4.69) is 15.3 Å². The first-order valence-electron chi connectivity index (χ1n) is 5.89. The summed E-state index contributed by atoms with van der Waals surface area (Å²) in [5, 5.41) is 14.3. The summed E-state index contributed by atoms with van der Waals surface area (Å²) in [7, 11) is 0. The van der Waals surface area contributed by atoms with Gasteiger partial charge in [-0.05, 0) is 23.8 Å². The average Bonchev–Trinajstić information content (AvgIpc) is 2.93. The summed E-state index contributed by atoms with van der Waals surface area (Å²) < 4.78 is 0.809. The Labute approximate surface area is 118 Å². The lowest BCUT2D eigenvalue weighted by atomic mass is 10.2. The van der Waals surface area contributed by atoms with Crippen molar-refractivity contribution in [1.29, 1.82) is 0 Å². The zero-order valence-corrected chi connectivity index (χ0v) is 11.1. The third-order valence-corrected chi connectivity index (χ3v) is 3.66. The van der Waals surface area contributed by atoms with E-state index in [0.29, 0.717) is 17.7 Å². The van der Waals surface area contributed by atoms with Gasteiger partial charge in [0.05, 0.1) is 15.1 Å². The Morgan fingerprint density at radius 3 is 3.00 bits per heavy atom. The second kappa shape index (κ2) is 5.22. The number of nitro groups is 1. The summed E-state index contributed by atoms with van der Waals surface area (Å²) in [4.78, 5) is 19.0. The van der Waals surface area contributed by atoms with Crippen molar-refractivity contribution in [1.82, 2.24) is 9.97 Å². The minimum absolute atomic E-state index is 0.0210. The van der Waals surface area contributed by atoms with Crippen molar-refractivity contribution in [3.05, 3.63) is 57.8 Å². The Bertz CT molecular complexity index is 757. The summed E-state index contributed by atoms with van der Waals surface area (Å²) in [6.07, 6.45) is 3.41. The van der Waals surface area contributed by atoms with Gasteiger partial charge in [0.15, 0.2) is 5.52 Å². The number of pyridine rings is 1. The molecule has 0 bridgehead atoms. The van der Waals surface area contributed by atoms with Crippen molar-refractivity contribution in [3.8, 4) is 0 Å². The molecule has 0 saturated heterocycles. The number of rotatable bonds is 4. The zero-order chi connectivity index (χ0) is 13.9. The van der Waals surface area contributed by atoms with Crippen LogP contribution in [-0.2, 0) is 6.54 Å². The van der Waals surface area contributed by atoms with Gasteiger partial charge in [-0.15, -0.1) is 11.3 Å². The van der Waals surface area contributed by atoms with Crippen LogP contribution in [0.15, 0.2) is 42.2 Å². The topological polar surface area (TPSA) is 81.0 Å². The Kier molecular flexibility index (Phi) is 3.26. The van der Waals surface area contributed by atoms with E-state index in [9.17, 15) is 10.1 Å². The Hall–Kier alpha value is -2.54. The van der Waals surface area contributed by atoms with E-state index >= 15 is 0 Å². The second-order valence-electron chi connectivity index (χ2n) is 4.13. The number of thiazole rings is 1. The highest BCUT2D eigenvalue weighted by Crippen LogP contribution is 2.34. The van der Waals surface area contributed by atoms with Crippen molar-refractivity contribution >= 4 is 32.9 Å². The molecular formula is C13H10N4O2S. The van der Waals surface area contributed by atoms with Gasteiger partial charge >= 0.3 is 5.69 Å². The quantitative estimate of drug-likeness (QED) is 0.588. The van der Waals surface area contributed by atoms with E-state index < -0.39 is 4.92 Å². The minimum Gasteiger partial charge on any atom is -0.375 e. The van der Waals surface area contributed by atoms with Gasteiger partial charge in [0.2, 0.25) is 0 Å². The molecule has 2 heterocycles. The number of anilines is 1. The maximum absolute atomic E-state index is 11.3. The molecule has 20 heavy (non-hydrogen) atoms. The summed E-state index contributed by atoms with van der Waals surface area (Å²) >= 11 is 1.39. The molecular weight excluding hydrogens is 276 g/mol. The molecule has 1 N–H and O–H groups in total. The van der Waals surface area contributed by atoms with E-state index in [1.807, 2.05) is 18.2 Å². The fourth-order valence-corrected chi connectivity index (χ4v) is 2.62. The lowest BCUT2D eigenvalue weighted by molar-refractivity contribution is -0.382. The molecule has 3 aromatic rings. The van der Waals surface area contributed by atoms with Crippen LogP contribution >= 0.6 is 11.3 Å². The molecule has 0 aliphatic heterocycles. The number of nitrogens with one attached hydrogen (secondary N) is 1. The fraction of sp³-hybridized carbons (Fsp3) is 0.0769. The van der Waals surface area contributed by atoms with Crippen LogP contribution in [0.5, 0.6) is 0 Å². The largest absolute Gasteiger partial charge is 0.375 e. The first-order valence-corrected chi connectivity index (χ1v) is 6.77. The Balaban J connectivity index is 1.94. The van der Waals surface area contributed by atoms with Crippen LogP contribution in [0.1, 0.15) is 5.56 Å².